The highest BCUT2D eigenvalue weighted by atomic mass is 16.5. The van der Waals surface area contributed by atoms with Gasteiger partial charge in [0.1, 0.15) is 11.5 Å². The molecule has 3 aromatic rings. The summed E-state index contributed by atoms with van der Waals surface area (Å²) in [6.07, 6.45) is 5.56. The fourth-order valence-corrected chi connectivity index (χ4v) is 4.75. The summed E-state index contributed by atoms with van der Waals surface area (Å²) >= 11 is 0. The van der Waals surface area contributed by atoms with Gasteiger partial charge < -0.3 is 9.47 Å². The highest BCUT2D eigenvalue weighted by molar-refractivity contribution is 5.41. The van der Waals surface area contributed by atoms with E-state index >= 15 is 0 Å². The second-order valence-electron chi connectivity index (χ2n) is 7.63. The van der Waals surface area contributed by atoms with Crippen molar-refractivity contribution >= 4 is 0 Å². The SMILES string of the molecule is COc1ccc(-n2ncc3c2C[C@@H]2CC[C@H]3N2Cc2cccc(OC)c2)cc1. The molecule has 5 heteroatoms. The van der Waals surface area contributed by atoms with Gasteiger partial charge in [-0.05, 0) is 54.8 Å². The predicted molar refractivity (Wildman–Crippen MR) is 108 cm³/mol. The van der Waals surface area contributed by atoms with Crippen LogP contribution in [0.1, 0.15) is 35.7 Å². The zero-order valence-corrected chi connectivity index (χ0v) is 16.3. The van der Waals surface area contributed by atoms with Crippen molar-refractivity contribution in [3.8, 4) is 17.2 Å². The van der Waals surface area contributed by atoms with E-state index in [1.807, 2.05) is 18.2 Å². The molecule has 144 valence electrons. The van der Waals surface area contributed by atoms with E-state index in [1.54, 1.807) is 14.2 Å². The van der Waals surface area contributed by atoms with Gasteiger partial charge >= 0.3 is 0 Å². The number of methoxy groups -OCH3 is 2. The van der Waals surface area contributed by atoms with Crippen LogP contribution in [-0.4, -0.2) is 34.9 Å². The largest absolute Gasteiger partial charge is 0.497 e. The van der Waals surface area contributed by atoms with Gasteiger partial charge in [-0.1, -0.05) is 12.1 Å². The van der Waals surface area contributed by atoms with Crippen molar-refractivity contribution in [1.29, 1.82) is 0 Å². The standard InChI is InChI=1S/C23H25N3O2/c1-27-19-9-6-17(7-10-19)26-23-13-18-8-11-22(21(23)14-24-26)25(18)15-16-4-3-5-20(12-16)28-2/h3-7,9-10,12,14,18,22H,8,11,13,15H2,1-2H3/t18-,22+/m0/s1. The highest BCUT2D eigenvalue weighted by Gasteiger charge is 2.41. The Hall–Kier alpha value is -2.79. The number of hydrogen-bond acceptors (Lipinski definition) is 4. The first-order valence-corrected chi connectivity index (χ1v) is 9.86. The first-order chi connectivity index (χ1) is 13.8. The van der Waals surface area contributed by atoms with Crippen molar-refractivity contribution < 1.29 is 9.47 Å². The third-order valence-corrected chi connectivity index (χ3v) is 6.15. The summed E-state index contributed by atoms with van der Waals surface area (Å²) in [5, 5.41) is 4.74. The Kier molecular flexibility index (Phi) is 4.32. The van der Waals surface area contributed by atoms with Crippen molar-refractivity contribution in [2.45, 2.75) is 37.9 Å². The van der Waals surface area contributed by atoms with E-state index in [0.717, 1.165) is 30.2 Å². The first-order valence-electron chi connectivity index (χ1n) is 9.86. The van der Waals surface area contributed by atoms with Crippen LogP contribution in [0.25, 0.3) is 5.69 Å². The molecule has 5 rings (SSSR count). The molecule has 2 aliphatic rings. The monoisotopic (exact) mass is 375 g/mol. The topological polar surface area (TPSA) is 39.5 Å². The lowest BCUT2D eigenvalue weighted by molar-refractivity contribution is 0.167. The van der Waals surface area contributed by atoms with Gasteiger partial charge in [0.2, 0.25) is 0 Å². The van der Waals surface area contributed by atoms with E-state index in [4.69, 9.17) is 14.6 Å². The maximum absolute atomic E-state index is 5.40. The van der Waals surface area contributed by atoms with E-state index in [0.29, 0.717) is 12.1 Å². The van der Waals surface area contributed by atoms with Gasteiger partial charge in [0.05, 0.1) is 31.8 Å². The average molecular weight is 375 g/mol. The highest BCUT2D eigenvalue weighted by Crippen LogP contribution is 2.45. The number of fused-ring (bicyclic) bond motifs is 4. The molecule has 2 bridgehead atoms. The molecular formula is C23H25N3O2. The Labute approximate surface area is 165 Å². The molecule has 0 radical (unpaired) electrons. The molecule has 0 saturated carbocycles. The minimum atomic E-state index is 0.451. The molecule has 0 spiro atoms. The summed E-state index contributed by atoms with van der Waals surface area (Å²) in [4.78, 5) is 2.65. The number of aromatic nitrogens is 2. The van der Waals surface area contributed by atoms with Crippen LogP contribution in [0.3, 0.4) is 0 Å². The van der Waals surface area contributed by atoms with Crippen LogP contribution < -0.4 is 9.47 Å². The molecule has 1 fully saturated rings. The molecule has 1 aromatic heterocycles. The molecule has 2 atom stereocenters. The van der Waals surface area contributed by atoms with Crippen LogP contribution in [0, 0.1) is 0 Å². The number of ether oxygens (including phenoxy) is 2. The zero-order valence-electron chi connectivity index (χ0n) is 16.3. The van der Waals surface area contributed by atoms with Crippen LogP contribution in [0.5, 0.6) is 11.5 Å². The maximum Gasteiger partial charge on any atom is 0.119 e. The Bertz CT molecular complexity index is 980. The van der Waals surface area contributed by atoms with Crippen molar-refractivity contribution in [3.63, 3.8) is 0 Å². The van der Waals surface area contributed by atoms with Crippen LogP contribution in [-0.2, 0) is 13.0 Å². The van der Waals surface area contributed by atoms with Crippen LogP contribution in [0.4, 0.5) is 0 Å². The van der Waals surface area contributed by atoms with Crippen LogP contribution in [0.15, 0.2) is 54.7 Å². The molecule has 0 N–H and O–H groups in total. The molecule has 0 unspecified atom stereocenters. The van der Waals surface area contributed by atoms with Crippen LogP contribution in [0.2, 0.25) is 0 Å². The third kappa shape index (κ3) is 2.87. The lowest BCUT2D eigenvalue weighted by Gasteiger charge is -2.35. The molecule has 2 aromatic carbocycles. The summed E-state index contributed by atoms with van der Waals surface area (Å²) < 4.78 is 12.8. The lowest BCUT2D eigenvalue weighted by atomic mass is 9.99. The molecule has 3 heterocycles. The van der Waals surface area contributed by atoms with E-state index < -0.39 is 0 Å². The second-order valence-corrected chi connectivity index (χ2v) is 7.63. The summed E-state index contributed by atoms with van der Waals surface area (Å²) in [5.74, 6) is 1.80. The first kappa shape index (κ1) is 17.3. The molecule has 1 saturated heterocycles. The normalized spacial score (nSPS) is 20.8. The third-order valence-electron chi connectivity index (χ3n) is 6.15. The van der Waals surface area contributed by atoms with Gasteiger partial charge in [0.25, 0.3) is 0 Å². The summed E-state index contributed by atoms with van der Waals surface area (Å²) in [7, 11) is 3.42. The van der Waals surface area contributed by atoms with Gasteiger partial charge in [-0.25, -0.2) is 4.68 Å². The number of benzene rings is 2. The lowest BCUT2D eigenvalue weighted by Crippen LogP contribution is -2.37. The van der Waals surface area contributed by atoms with Crippen LogP contribution >= 0.6 is 0 Å². The van der Waals surface area contributed by atoms with Gasteiger partial charge in [0.15, 0.2) is 0 Å². The molecule has 0 aliphatic carbocycles. The van der Waals surface area contributed by atoms with Gasteiger partial charge in [-0.2, -0.15) is 5.10 Å². The van der Waals surface area contributed by atoms with Crippen molar-refractivity contribution in [1.82, 2.24) is 14.7 Å². The average Bonchev–Trinajstić information content (AvgIpc) is 3.28. The molecule has 5 nitrogen and oxygen atoms in total. The van der Waals surface area contributed by atoms with Crippen molar-refractivity contribution in [3.05, 3.63) is 71.5 Å². The summed E-state index contributed by atoms with van der Waals surface area (Å²) in [6.45, 7) is 0.958. The van der Waals surface area contributed by atoms with E-state index in [9.17, 15) is 0 Å². The fourth-order valence-electron chi connectivity index (χ4n) is 4.75. The fraction of sp³-hybridized carbons (Fsp3) is 0.348. The predicted octanol–water partition coefficient (Wildman–Crippen LogP) is 4.15. The minimum absolute atomic E-state index is 0.451. The quantitative estimate of drug-likeness (QED) is 0.672. The van der Waals surface area contributed by atoms with E-state index in [2.05, 4.69) is 46.1 Å². The Morgan fingerprint density at radius 2 is 1.82 bits per heavy atom. The zero-order chi connectivity index (χ0) is 19.1. The smallest absolute Gasteiger partial charge is 0.119 e. The summed E-state index contributed by atoms with van der Waals surface area (Å²) in [6, 6.07) is 17.6. The minimum Gasteiger partial charge on any atom is -0.497 e. The molecule has 28 heavy (non-hydrogen) atoms. The second kappa shape index (κ2) is 6.99. The molecule has 2 aliphatic heterocycles. The Balaban J connectivity index is 1.43. The van der Waals surface area contributed by atoms with E-state index in [1.165, 1.54) is 29.7 Å². The molecular weight excluding hydrogens is 350 g/mol. The van der Waals surface area contributed by atoms with Gasteiger partial charge in [-0.15, -0.1) is 0 Å². The maximum atomic E-state index is 5.40. The van der Waals surface area contributed by atoms with Gasteiger partial charge in [0, 0.05) is 30.6 Å². The molecule has 0 amide bonds. The van der Waals surface area contributed by atoms with Gasteiger partial charge in [-0.3, -0.25) is 4.90 Å². The Morgan fingerprint density at radius 3 is 2.61 bits per heavy atom. The van der Waals surface area contributed by atoms with E-state index in [-0.39, 0.29) is 0 Å². The number of rotatable bonds is 5. The van der Waals surface area contributed by atoms with Crippen molar-refractivity contribution in [2.24, 2.45) is 0 Å². The number of hydrogen-bond donors (Lipinski definition) is 0. The summed E-state index contributed by atoms with van der Waals surface area (Å²) in [5.41, 5.74) is 5.15. The van der Waals surface area contributed by atoms with Crippen molar-refractivity contribution in [2.75, 3.05) is 14.2 Å². The Morgan fingerprint density at radius 1 is 1.00 bits per heavy atom. The number of nitrogens with zero attached hydrogens (tertiary/aromatic N) is 3.